The second-order valence-electron chi connectivity index (χ2n) is 55.2. The lowest BCUT2D eigenvalue weighted by Gasteiger charge is -2.32. The lowest BCUT2D eigenvalue weighted by Crippen LogP contribution is -2.44. The molecule has 0 saturated heterocycles. The zero-order valence-corrected chi connectivity index (χ0v) is 98.7. The summed E-state index contributed by atoms with van der Waals surface area (Å²) < 4.78 is 26.9. The molecule has 21 nitrogen and oxygen atoms in total. The highest BCUT2D eigenvalue weighted by Gasteiger charge is 2.36. The molecule has 802 valence electrons. The number of amides is 2. The van der Waals surface area contributed by atoms with Crippen molar-refractivity contribution in [1.29, 1.82) is 0 Å². The molecule has 0 bridgehead atoms. The Balaban J connectivity index is -0.000000286. The number of hydrogen-bond donors (Lipinski definition) is 0. The molecule has 0 aromatic rings. The largest absolute Gasteiger partial charge is 0.368 e. The van der Waals surface area contributed by atoms with Crippen molar-refractivity contribution >= 4 is 81.2 Å². The topological polar surface area (TPSA) is 292 Å². The Labute approximate surface area is 836 Å². The summed E-state index contributed by atoms with van der Waals surface area (Å²) in [6.07, 6.45) is 9.61. The highest BCUT2D eigenvalue weighted by Crippen LogP contribution is 2.35. The summed E-state index contributed by atoms with van der Waals surface area (Å²) in [5.41, 5.74) is -4.13. The van der Waals surface area contributed by atoms with Gasteiger partial charge in [-0.2, -0.15) is 0 Å². The van der Waals surface area contributed by atoms with Crippen LogP contribution in [0, 0.1) is 113 Å². The Kier molecular flexibility index (Phi) is 66.6. The zero-order chi connectivity index (χ0) is 110. The van der Waals surface area contributed by atoms with Crippen LogP contribution in [0.5, 0.6) is 0 Å². The summed E-state index contributed by atoms with van der Waals surface area (Å²) in [6.45, 7) is 104. The summed E-state index contributed by atoms with van der Waals surface area (Å²) in [6, 6.07) is 0. The number of nitrogens with zero attached hydrogens (tertiary/aromatic N) is 2. The third-order valence-corrected chi connectivity index (χ3v) is 21.9. The number of carbonyl (C=O) groups excluding carboxylic acids is 14. The average molecular weight is 1930 g/mol. The zero-order valence-electron chi connectivity index (χ0n) is 98.7. The Hall–Kier alpha value is -5.22. The van der Waals surface area contributed by atoms with E-state index < -0.39 is 10.8 Å². The minimum absolute atomic E-state index is 0.00139. The van der Waals surface area contributed by atoms with Crippen LogP contribution in [0.15, 0.2) is 0 Å². The summed E-state index contributed by atoms with van der Waals surface area (Å²) in [7, 11) is 3.49. The standard InChI is InChI=1S/3C18H34O3.2C17H32O2.C14H27NO3.C13H25NO3/c2*1-13(2)9-14(11-16(20)17(3,4)5)10-15(19)12-21-18(6,7)8;1-13(2)11-14(16(20)17(3,4)5)9-10-15(19)12-21-18(6,7)8;2*1-12(2)9-13(10-14(18)16(3,4)5)11-15(19)17(6,7)8;1-13(2,3)10-15(7)12(17)9-18-8-11(16)14(4,5)6;1-12(2,3)10(15)8-17-9-11(16)14(7)13(4,5)6/h3*13-14H,9-12H2,1-8H3;2*12-13H,9-11H2,1-8H3;8-10H2,1-7H3;8-9H2,1-7H3/t3*14-;;;;/m101..../s1. The molecule has 3 atom stereocenters. The number of ether oxygens (including phenoxy) is 5. The number of rotatable bonds is 45. The molecule has 0 saturated carbocycles. The van der Waals surface area contributed by atoms with Crippen LogP contribution in [0.2, 0.25) is 0 Å². The summed E-state index contributed by atoms with van der Waals surface area (Å²) in [4.78, 5) is 172. The fraction of sp³-hybridized carbons (Fsp3) is 0.878. The lowest BCUT2D eigenvalue weighted by atomic mass is 9.77. The van der Waals surface area contributed by atoms with Crippen molar-refractivity contribution in [3.63, 3.8) is 0 Å². The van der Waals surface area contributed by atoms with E-state index in [1.54, 1.807) is 23.9 Å². The molecule has 0 aliphatic carbocycles. The second-order valence-corrected chi connectivity index (χ2v) is 55.2. The molecule has 0 aliphatic heterocycles. The van der Waals surface area contributed by atoms with Crippen molar-refractivity contribution in [2.75, 3.05) is 66.9 Å². The van der Waals surface area contributed by atoms with Gasteiger partial charge in [0.05, 0.1) is 16.8 Å². The Morgan fingerprint density at radius 2 is 0.456 bits per heavy atom. The van der Waals surface area contributed by atoms with Crippen molar-refractivity contribution < 1.29 is 90.8 Å². The third-order valence-electron chi connectivity index (χ3n) is 21.9. The maximum absolute atomic E-state index is 12.5. The van der Waals surface area contributed by atoms with Gasteiger partial charge in [-0.25, -0.2) is 0 Å². The number of ketones is 12. The van der Waals surface area contributed by atoms with E-state index in [0.29, 0.717) is 100 Å². The maximum atomic E-state index is 12.5. The van der Waals surface area contributed by atoms with Gasteiger partial charge < -0.3 is 33.5 Å². The molecule has 2 amide bonds. The van der Waals surface area contributed by atoms with E-state index in [4.69, 9.17) is 23.7 Å². The fourth-order valence-electron chi connectivity index (χ4n) is 12.9. The van der Waals surface area contributed by atoms with Gasteiger partial charge in [0.1, 0.15) is 86.7 Å². The lowest BCUT2D eigenvalue weighted by molar-refractivity contribution is -0.142. The van der Waals surface area contributed by atoms with Crippen molar-refractivity contribution in [2.24, 2.45) is 113 Å². The van der Waals surface area contributed by atoms with Crippen LogP contribution in [-0.2, 0) is 90.8 Å². The van der Waals surface area contributed by atoms with Crippen LogP contribution in [0.4, 0.5) is 0 Å². The van der Waals surface area contributed by atoms with Gasteiger partial charge in [-0.15, -0.1) is 0 Å². The molecule has 0 unspecified atom stereocenters. The number of Topliss-reactive ketones (excluding diaryl/α,β-unsaturated/α-hetero) is 12. The average Bonchev–Trinajstić information content (AvgIpc) is 0.885. The van der Waals surface area contributed by atoms with E-state index in [9.17, 15) is 67.1 Å². The minimum Gasteiger partial charge on any atom is -0.368 e. The quantitative estimate of drug-likeness (QED) is 0.0547. The normalized spacial score (nSPS) is 13.5. The molecule has 21 heteroatoms. The predicted octanol–water partition coefficient (Wildman–Crippen LogP) is 26.6. The maximum Gasteiger partial charge on any atom is 0.248 e. The SMILES string of the molecule is CC(C)CC(CC(=O)C(C)(C)C)CC(=O)C(C)(C)C.CC(C)CC(CC(=O)C(C)(C)C)CC(=O)C(C)(C)C.CC(C)C[C@@H](CC(=O)COC(C)(C)C)CC(=O)C(C)(C)C.CC(C)C[C@@H](CCC(=O)COC(C)(C)C)C(=O)C(C)(C)C.CC(C)C[C@H](CC(=O)COC(C)(C)C)CC(=O)C(C)(C)C.CN(C(=O)COCC(=O)C(C)(C)C)C(C)(C)C.CN(CC(C)(C)C)C(=O)COCC(=O)C(C)(C)C. The van der Waals surface area contributed by atoms with Gasteiger partial charge in [-0.1, -0.05) is 277 Å². The highest BCUT2D eigenvalue weighted by atomic mass is 16.5. The van der Waals surface area contributed by atoms with E-state index in [-0.39, 0.29) is 223 Å². The molecular weight excluding hydrogens is 1710 g/mol. The molecule has 136 heavy (non-hydrogen) atoms. The van der Waals surface area contributed by atoms with Gasteiger partial charge in [-0.3, -0.25) is 67.1 Å². The first-order chi connectivity index (χ1) is 60.0. The molecule has 0 aromatic carbocycles. The van der Waals surface area contributed by atoms with Gasteiger partial charge >= 0.3 is 0 Å². The number of likely N-dealkylation sites (N-methyl/N-ethyl adjacent to an activating group) is 2. The molecule has 0 aromatic heterocycles. The molecule has 0 rings (SSSR count). The van der Waals surface area contributed by atoms with Gasteiger partial charge in [-0.05, 0) is 180 Å². The van der Waals surface area contributed by atoms with Crippen LogP contribution < -0.4 is 0 Å². The fourth-order valence-corrected chi connectivity index (χ4v) is 12.9. The second kappa shape index (κ2) is 63.0. The van der Waals surface area contributed by atoms with Crippen LogP contribution in [0.1, 0.15) is 456 Å². The van der Waals surface area contributed by atoms with Crippen LogP contribution in [0.3, 0.4) is 0 Å². The molecule has 0 N–H and O–H groups in total. The molecule has 0 radical (unpaired) electrons. The first-order valence-corrected chi connectivity index (χ1v) is 51.0. The molecule has 0 heterocycles. The Morgan fingerprint density at radius 1 is 0.243 bits per heavy atom. The first-order valence-electron chi connectivity index (χ1n) is 51.0. The van der Waals surface area contributed by atoms with E-state index in [0.717, 1.165) is 32.1 Å². The van der Waals surface area contributed by atoms with Crippen molar-refractivity contribution in [1.82, 2.24) is 9.80 Å². The Bertz CT molecular complexity index is 3350. The van der Waals surface area contributed by atoms with Gasteiger partial charge in [0, 0.05) is 139 Å². The summed E-state index contributed by atoms with van der Waals surface area (Å²) in [5, 5.41) is 0. The predicted molar refractivity (Wildman–Crippen MR) is 564 cm³/mol. The molecule has 0 aliphatic rings. The first kappa shape index (κ1) is 144. The van der Waals surface area contributed by atoms with Crippen LogP contribution >= 0.6 is 0 Å². The van der Waals surface area contributed by atoms with Crippen LogP contribution in [-0.4, -0.2) is 180 Å². The monoisotopic (exact) mass is 1930 g/mol. The number of hydrogen-bond acceptors (Lipinski definition) is 19. The van der Waals surface area contributed by atoms with E-state index >= 15 is 0 Å². The Morgan fingerprint density at radius 3 is 0.647 bits per heavy atom. The van der Waals surface area contributed by atoms with Crippen LogP contribution in [0.25, 0.3) is 0 Å². The minimum atomic E-state index is -0.418. The molecular formula is C115H218N2O19. The summed E-state index contributed by atoms with van der Waals surface area (Å²) >= 11 is 0. The molecule has 0 fully saturated rings. The van der Waals surface area contributed by atoms with E-state index in [2.05, 4.69) is 90.0 Å². The van der Waals surface area contributed by atoms with E-state index in [1.165, 1.54) is 0 Å². The van der Waals surface area contributed by atoms with Gasteiger partial charge in [0.25, 0.3) is 0 Å². The summed E-state index contributed by atoms with van der Waals surface area (Å²) in [5.74, 6) is 4.96. The van der Waals surface area contributed by atoms with E-state index in [1.807, 2.05) is 270 Å². The smallest absolute Gasteiger partial charge is 0.248 e. The third kappa shape index (κ3) is 83.4. The number of carbonyl (C=O) groups is 14. The molecule has 0 spiro atoms. The highest BCUT2D eigenvalue weighted by molar-refractivity contribution is 5.90. The van der Waals surface area contributed by atoms with Crippen molar-refractivity contribution in [3.8, 4) is 0 Å². The van der Waals surface area contributed by atoms with Gasteiger partial charge in [0.2, 0.25) is 11.8 Å². The van der Waals surface area contributed by atoms with Gasteiger partial charge in [0.15, 0.2) is 28.9 Å². The van der Waals surface area contributed by atoms with Crippen molar-refractivity contribution in [3.05, 3.63) is 0 Å². The van der Waals surface area contributed by atoms with Crippen molar-refractivity contribution in [2.45, 2.75) is 479 Å².